The summed E-state index contributed by atoms with van der Waals surface area (Å²) in [6.07, 6.45) is 3.45. The molecule has 0 aliphatic rings. The first-order chi connectivity index (χ1) is 12.0. The molecule has 1 aromatic carbocycles. The van der Waals surface area contributed by atoms with Crippen molar-refractivity contribution in [1.82, 2.24) is 34.7 Å². The minimum Gasteiger partial charge on any atom is -0.323 e. The zero-order valence-corrected chi connectivity index (χ0v) is 14.8. The number of aromatic amines is 1. The number of fused-ring (bicyclic) bond motifs is 1. The summed E-state index contributed by atoms with van der Waals surface area (Å²) in [6, 6.07) is 5.93. The van der Waals surface area contributed by atoms with Gasteiger partial charge in [-0.3, -0.25) is 9.78 Å². The first kappa shape index (κ1) is 15.6. The number of nitrogens with zero attached hydrogens (tertiary/aromatic N) is 6. The third kappa shape index (κ3) is 2.64. The van der Waals surface area contributed by atoms with Crippen LogP contribution in [-0.4, -0.2) is 34.7 Å². The van der Waals surface area contributed by atoms with E-state index in [9.17, 15) is 0 Å². The van der Waals surface area contributed by atoms with E-state index in [2.05, 4.69) is 44.5 Å². The zero-order valence-electron chi connectivity index (χ0n) is 14.0. The van der Waals surface area contributed by atoms with Crippen molar-refractivity contribution in [3.8, 4) is 11.5 Å². The number of aromatic nitrogens is 7. The van der Waals surface area contributed by atoms with E-state index in [0.29, 0.717) is 16.8 Å². The summed E-state index contributed by atoms with van der Waals surface area (Å²) in [7, 11) is 1.83. The second kappa shape index (κ2) is 5.89. The zero-order chi connectivity index (χ0) is 17.6. The summed E-state index contributed by atoms with van der Waals surface area (Å²) in [5.41, 5.74) is 2.50. The Labute approximate surface area is 148 Å². The van der Waals surface area contributed by atoms with Crippen LogP contribution in [0.15, 0.2) is 30.6 Å². The molecule has 8 nitrogen and oxygen atoms in total. The Morgan fingerprint density at radius 3 is 2.88 bits per heavy atom. The third-order valence-corrected chi connectivity index (χ3v) is 4.36. The summed E-state index contributed by atoms with van der Waals surface area (Å²) < 4.78 is 3.58. The Morgan fingerprint density at radius 1 is 1.24 bits per heavy atom. The maximum atomic E-state index is 6.46. The van der Waals surface area contributed by atoms with Gasteiger partial charge in [0.1, 0.15) is 5.69 Å². The SMILES string of the molecule is CC(C)n1nccc1-c1nc(Nc2ccc3[nH]ncc3c2Cl)n(C)n1. The van der Waals surface area contributed by atoms with Crippen LogP contribution in [-0.2, 0) is 7.05 Å². The number of nitrogens with one attached hydrogen (secondary N) is 2. The Hall–Kier alpha value is -2.87. The van der Waals surface area contributed by atoms with E-state index in [1.807, 2.05) is 29.9 Å². The van der Waals surface area contributed by atoms with Crippen molar-refractivity contribution in [1.29, 1.82) is 0 Å². The minimum absolute atomic E-state index is 0.225. The monoisotopic (exact) mass is 356 g/mol. The lowest BCUT2D eigenvalue weighted by Crippen LogP contribution is -2.05. The lowest BCUT2D eigenvalue weighted by Gasteiger charge is -2.08. The number of halogens is 1. The molecule has 4 aromatic rings. The predicted octanol–water partition coefficient (Wildman–Crippen LogP) is 3.53. The van der Waals surface area contributed by atoms with Gasteiger partial charge in [0.25, 0.3) is 0 Å². The van der Waals surface area contributed by atoms with Gasteiger partial charge in [0.05, 0.1) is 22.4 Å². The van der Waals surface area contributed by atoms with Gasteiger partial charge in [0.15, 0.2) is 0 Å². The van der Waals surface area contributed by atoms with Gasteiger partial charge in [0.2, 0.25) is 11.8 Å². The van der Waals surface area contributed by atoms with Crippen LogP contribution in [0, 0.1) is 0 Å². The lowest BCUT2D eigenvalue weighted by molar-refractivity contribution is 0.536. The van der Waals surface area contributed by atoms with Crippen LogP contribution >= 0.6 is 11.6 Å². The largest absolute Gasteiger partial charge is 0.323 e. The highest BCUT2D eigenvalue weighted by molar-refractivity contribution is 6.38. The molecule has 3 heterocycles. The quantitative estimate of drug-likeness (QED) is 0.583. The summed E-state index contributed by atoms with van der Waals surface area (Å²) >= 11 is 6.46. The molecule has 0 aliphatic carbocycles. The second-order valence-electron chi connectivity index (χ2n) is 6.02. The van der Waals surface area contributed by atoms with E-state index in [0.717, 1.165) is 22.3 Å². The molecule has 0 aliphatic heterocycles. The summed E-state index contributed by atoms with van der Waals surface area (Å²) in [4.78, 5) is 4.60. The fourth-order valence-electron chi connectivity index (χ4n) is 2.70. The highest BCUT2D eigenvalue weighted by atomic mass is 35.5. The van der Waals surface area contributed by atoms with Crippen LogP contribution in [0.1, 0.15) is 19.9 Å². The van der Waals surface area contributed by atoms with Crippen molar-refractivity contribution < 1.29 is 0 Å². The highest BCUT2D eigenvalue weighted by Crippen LogP contribution is 2.32. The molecule has 0 saturated heterocycles. The maximum Gasteiger partial charge on any atom is 0.226 e. The van der Waals surface area contributed by atoms with Gasteiger partial charge in [-0.1, -0.05) is 11.6 Å². The number of rotatable bonds is 4. The van der Waals surface area contributed by atoms with Gasteiger partial charge < -0.3 is 5.32 Å². The first-order valence-corrected chi connectivity index (χ1v) is 8.26. The molecule has 25 heavy (non-hydrogen) atoms. The van der Waals surface area contributed by atoms with Crippen LogP contribution in [0.25, 0.3) is 22.4 Å². The molecule has 3 aromatic heterocycles. The van der Waals surface area contributed by atoms with Crippen molar-refractivity contribution in [2.45, 2.75) is 19.9 Å². The van der Waals surface area contributed by atoms with Crippen molar-refractivity contribution in [2.75, 3.05) is 5.32 Å². The molecule has 9 heteroatoms. The molecule has 0 fully saturated rings. The van der Waals surface area contributed by atoms with E-state index in [1.165, 1.54) is 0 Å². The molecule has 4 rings (SSSR count). The summed E-state index contributed by atoms with van der Waals surface area (Å²) in [6.45, 7) is 4.14. The van der Waals surface area contributed by atoms with Crippen molar-refractivity contribution in [3.05, 3.63) is 35.6 Å². The van der Waals surface area contributed by atoms with Crippen molar-refractivity contribution in [2.24, 2.45) is 7.05 Å². The third-order valence-electron chi connectivity index (χ3n) is 3.96. The minimum atomic E-state index is 0.225. The fraction of sp³-hybridized carbons (Fsp3) is 0.250. The van der Waals surface area contributed by atoms with Gasteiger partial charge in [-0.25, -0.2) is 4.68 Å². The molecular formula is C16H17ClN8. The number of benzene rings is 1. The molecule has 0 atom stereocenters. The van der Waals surface area contributed by atoms with Crippen LogP contribution in [0.4, 0.5) is 11.6 Å². The van der Waals surface area contributed by atoms with E-state index in [-0.39, 0.29) is 6.04 Å². The molecule has 0 radical (unpaired) electrons. The Kier molecular flexibility index (Phi) is 3.69. The number of hydrogen-bond donors (Lipinski definition) is 2. The molecule has 0 bridgehead atoms. The number of anilines is 2. The van der Waals surface area contributed by atoms with Crippen LogP contribution < -0.4 is 5.32 Å². The molecule has 0 saturated carbocycles. The van der Waals surface area contributed by atoms with Crippen molar-refractivity contribution in [3.63, 3.8) is 0 Å². The Balaban J connectivity index is 1.70. The van der Waals surface area contributed by atoms with E-state index >= 15 is 0 Å². The van der Waals surface area contributed by atoms with Crippen LogP contribution in [0.3, 0.4) is 0 Å². The lowest BCUT2D eigenvalue weighted by atomic mass is 10.2. The van der Waals surface area contributed by atoms with Gasteiger partial charge in [-0.2, -0.15) is 15.2 Å². The van der Waals surface area contributed by atoms with Crippen molar-refractivity contribution >= 4 is 34.1 Å². The highest BCUT2D eigenvalue weighted by Gasteiger charge is 2.16. The van der Waals surface area contributed by atoms with Gasteiger partial charge in [-0.15, -0.1) is 5.10 Å². The van der Waals surface area contributed by atoms with Crippen LogP contribution in [0.2, 0.25) is 5.02 Å². The number of hydrogen-bond acceptors (Lipinski definition) is 5. The Morgan fingerprint density at radius 2 is 2.08 bits per heavy atom. The number of aryl methyl sites for hydroxylation is 1. The Bertz CT molecular complexity index is 1040. The van der Waals surface area contributed by atoms with E-state index in [4.69, 9.17) is 11.6 Å². The van der Waals surface area contributed by atoms with Gasteiger partial charge in [-0.05, 0) is 32.0 Å². The van der Waals surface area contributed by atoms with E-state index < -0.39 is 0 Å². The molecule has 0 amide bonds. The van der Waals surface area contributed by atoms with E-state index in [1.54, 1.807) is 17.1 Å². The average Bonchev–Trinajstić information content (AvgIpc) is 3.30. The molecule has 128 valence electrons. The molecule has 0 spiro atoms. The average molecular weight is 357 g/mol. The van der Waals surface area contributed by atoms with Crippen LogP contribution in [0.5, 0.6) is 0 Å². The van der Waals surface area contributed by atoms with Gasteiger partial charge in [0, 0.05) is 24.7 Å². The summed E-state index contributed by atoms with van der Waals surface area (Å²) in [5, 5.41) is 20.4. The topological polar surface area (TPSA) is 89.2 Å². The predicted molar refractivity (Wildman–Crippen MR) is 97.0 cm³/mol. The van der Waals surface area contributed by atoms with Gasteiger partial charge >= 0.3 is 0 Å². The maximum absolute atomic E-state index is 6.46. The summed E-state index contributed by atoms with van der Waals surface area (Å²) in [5.74, 6) is 1.20. The fourth-order valence-corrected chi connectivity index (χ4v) is 2.97. The standard InChI is InChI=1S/C16H17ClN8/c1-9(2)25-13(6-7-19-25)15-21-16(24(3)23-15)20-12-5-4-11-10(14(12)17)8-18-22-11/h4-9H,1-3H3,(H,18,22)(H,20,21,23). The molecular weight excluding hydrogens is 340 g/mol. The second-order valence-corrected chi connectivity index (χ2v) is 6.40. The molecule has 0 unspecified atom stereocenters. The first-order valence-electron chi connectivity index (χ1n) is 7.88. The molecule has 2 N–H and O–H groups in total. The number of H-pyrrole nitrogens is 1. The normalized spacial score (nSPS) is 11.6. The smallest absolute Gasteiger partial charge is 0.226 e.